The predicted molar refractivity (Wildman–Crippen MR) is 32.3 cm³/mol. The fourth-order valence-corrected chi connectivity index (χ4v) is 3.41. The summed E-state index contributed by atoms with van der Waals surface area (Å²) in [7, 11) is 0. The molecule has 10 heavy (non-hydrogen) atoms. The summed E-state index contributed by atoms with van der Waals surface area (Å²) in [5.41, 5.74) is 1.06. The summed E-state index contributed by atoms with van der Waals surface area (Å²) in [6.07, 6.45) is 0. The molecule has 0 radical (unpaired) electrons. The molecule has 0 N–H and O–H groups in total. The van der Waals surface area contributed by atoms with E-state index in [9.17, 15) is 0 Å². The monoisotopic (exact) mass is 136 g/mol. The van der Waals surface area contributed by atoms with Crippen LogP contribution < -0.4 is 0 Å². The van der Waals surface area contributed by atoms with Crippen LogP contribution in [-0.2, 0) is 0 Å². The summed E-state index contributed by atoms with van der Waals surface area (Å²) in [6.45, 7) is 5.19. The van der Waals surface area contributed by atoms with Gasteiger partial charge in [0.15, 0.2) is 0 Å². The van der Waals surface area contributed by atoms with E-state index in [0.717, 1.165) is 0 Å². The van der Waals surface area contributed by atoms with E-state index in [-0.39, 0.29) is 0 Å². The maximum Gasteiger partial charge on any atom is 0.129 e. The van der Waals surface area contributed by atoms with Gasteiger partial charge < -0.3 is 0 Å². The topological polar surface area (TPSA) is 12.0 Å². The van der Waals surface area contributed by atoms with Crippen LogP contribution in [0.2, 0.25) is 0 Å². The van der Waals surface area contributed by atoms with Crippen molar-refractivity contribution in [2.45, 2.75) is 11.3 Å². The Morgan fingerprint density at radius 2 is 0.900 bits per heavy atom. The molecule has 4 nitrogen and oxygen atoms in total. The SMILES string of the molecule is C1N2N3CC14N1CC23CN14. The molecule has 0 saturated carbocycles. The highest BCUT2D eigenvalue weighted by molar-refractivity contribution is 5.34. The zero-order chi connectivity index (χ0) is 6.14. The van der Waals surface area contributed by atoms with Gasteiger partial charge in [0.25, 0.3) is 0 Å². The van der Waals surface area contributed by atoms with E-state index in [4.69, 9.17) is 0 Å². The molecule has 0 aromatic rings. The highest BCUT2D eigenvalue weighted by Crippen LogP contribution is 2.69. The first-order valence-electron chi connectivity index (χ1n) is 3.97. The second kappa shape index (κ2) is 0.701. The third-order valence-corrected chi connectivity index (χ3v) is 4.04. The van der Waals surface area contributed by atoms with Crippen molar-refractivity contribution < 1.29 is 0 Å². The lowest BCUT2D eigenvalue weighted by Gasteiger charge is -2.28. The molecule has 0 amide bonds. The van der Waals surface area contributed by atoms with Crippen LogP contribution in [-0.4, -0.2) is 57.5 Å². The molecule has 0 bridgehead atoms. The summed E-state index contributed by atoms with van der Waals surface area (Å²) in [6, 6.07) is 0. The molecular formula is C6H8N4. The first-order chi connectivity index (χ1) is 4.87. The number of nitrogens with zero attached hydrogens (tertiary/aromatic N) is 4. The summed E-state index contributed by atoms with van der Waals surface area (Å²) in [5.74, 6) is 0. The Balaban J connectivity index is 1.96. The Morgan fingerprint density at radius 3 is 1.10 bits per heavy atom. The van der Waals surface area contributed by atoms with Crippen molar-refractivity contribution in [2.75, 3.05) is 26.2 Å². The summed E-state index contributed by atoms with van der Waals surface area (Å²) >= 11 is 0. The van der Waals surface area contributed by atoms with Gasteiger partial charge in [-0.15, -0.1) is 0 Å². The van der Waals surface area contributed by atoms with E-state index in [1.165, 1.54) is 26.2 Å². The number of hydrazine groups is 2. The molecule has 4 unspecified atom stereocenters. The van der Waals surface area contributed by atoms with Crippen LogP contribution in [0.25, 0.3) is 0 Å². The Labute approximate surface area is 58.5 Å². The molecule has 4 heterocycles. The van der Waals surface area contributed by atoms with E-state index < -0.39 is 0 Å². The van der Waals surface area contributed by atoms with Crippen LogP contribution in [0.1, 0.15) is 0 Å². The van der Waals surface area contributed by atoms with Gasteiger partial charge >= 0.3 is 0 Å². The predicted octanol–water partition coefficient (Wildman–Crippen LogP) is -1.51. The van der Waals surface area contributed by atoms with E-state index in [0.29, 0.717) is 11.3 Å². The van der Waals surface area contributed by atoms with Gasteiger partial charge in [-0.05, 0) is 0 Å². The van der Waals surface area contributed by atoms with Crippen LogP contribution in [0.4, 0.5) is 0 Å². The fraction of sp³-hybridized carbons (Fsp3) is 1.00. The van der Waals surface area contributed by atoms with Gasteiger partial charge in [0.1, 0.15) is 11.3 Å². The van der Waals surface area contributed by atoms with Gasteiger partial charge in [0, 0.05) is 0 Å². The minimum atomic E-state index is 0.528. The third kappa shape index (κ3) is 0.160. The Kier molecular flexibility index (Phi) is 0.281. The van der Waals surface area contributed by atoms with Crippen molar-refractivity contribution >= 4 is 0 Å². The maximum absolute atomic E-state index is 2.56. The average Bonchev–Trinajstić information content (AvgIpc) is 2.59. The molecule has 4 heteroatoms. The van der Waals surface area contributed by atoms with Gasteiger partial charge in [0.05, 0.1) is 26.2 Å². The lowest BCUT2D eigenvalue weighted by atomic mass is 10.0. The van der Waals surface area contributed by atoms with Crippen molar-refractivity contribution in [1.82, 2.24) is 20.0 Å². The van der Waals surface area contributed by atoms with Crippen LogP contribution in [0.3, 0.4) is 0 Å². The quantitative estimate of drug-likeness (QED) is 0.375. The average molecular weight is 136 g/mol. The molecule has 4 rings (SSSR count). The zero-order valence-electron chi connectivity index (χ0n) is 5.62. The largest absolute Gasteiger partial charge is 0.212 e. The molecule has 4 atom stereocenters. The normalized spacial score (nSPS) is 91.2. The summed E-state index contributed by atoms with van der Waals surface area (Å²) < 4.78 is 0. The van der Waals surface area contributed by atoms with Crippen molar-refractivity contribution in [1.29, 1.82) is 0 Å². The van der Waals surface area contributed by atoms with Crippen molar-refractivity contribution in [2.24, 2.45) is 0 Å². The van der Waals surface area contributed by atoms with E-state index in [1.807, 2.05) is 0 Å². The smallest absolute Gasteiger partial charge is 0.129 e. The van der Waals surface area contributed by atoms with Crippen LogP contribution in [0.15, 0.2) is 0 Å². The van der Waals surface area contributed by atoms with E-state index in [2.05, 4.69) is 20.0 Å². The third-order valence-electron chi connectivity index (χ3n) is 4.04. The molecule has 4 aliphatic rings. The van der Waals surface area contributed by atoms with Gasteiger partial charge in [-0.3, -0.25) is 0 Å². The second-order valence-corrected chi connectivity index (χ2v) is 4.20. The second-order valence-electron chi connectivity index (χ2n) is 4.20. The highest BCUT2D eigenvalue weighted by atomic mass is 16.1. The van der Waals surface area contributed by atoms with Gasteiger partial charge in [-0.1, -0.05) is 0 Å². The highest BCUT2D eigenvalue weighted by Gasteiger charge is 2.91. The molecular weight excluding hydrogens is 128 g/mol. The zero-order valence-corrected chi connectivity index (χ0v) is 5.62. The van der Waals surface area contributed by atoms with Crippen LogP contribution >= 0.6 is 0 Å². The minimum Gasteiger partial charge on any atom is -0.212 e. The summed E-state index contributed by atoms with van der Waals surface area (Å²) in [4.78, 5) is 0. The van der Waals surface area contributed by atoms with E-state index in [1.54, 1.807) is 0 Å². The lowest BCUT2D eigenvalue weighted by molar-refractivity contribution is 0.211. The Bertz CT molecular complexity index is 219. The number of hydrogen-bond donors (Lipinski definition) is 0. The number of piperazine rings is 4. The van der Waals surface area contributed by atoms with Crippen molar-refractivity contribution in [3.63, 3.8) is 0 Å². The molecule has 4 aliphatic heterocycles. The molecule has 0 aromatic carbocycles. The number of hydrogen-bond acceptors (Lipinski definition) is 4. The van der Waals surface area contributed by atoms with Crippen molar-refractivity contribution in [3.8, 4) is 0 Å². The lowest BCUT2D eigenvalue weighted by Crippen LogP contribution is -2.53. The van der Waals surface area contributed by atoms with E-state index >= 15 is 0 Å². The fourth-order valence-electron chi connectivity index (χ4n) is 3.41. The van der Waals surface area contributed by atoms with Gasteiger partial charge in [-0.25, -0.2) is 20.0 Å². The molecule has 4 fully saturated rings. The first-order valence-corrected chi connectivity index (χ1v) is 3.97. The molecule has 52 valence electrons. The Hall–Kier alpha value is -0.160. The van der Waals surface area contributed by atoms with Crippen molar-refractivity contribution in [3.05, 3.63) is 0 Å². The molecule has 0 aliphatic carbocycles. The standard InChI is InChI=1S/C6H8N4/c1-5-2-10-6(7(1)10)3-8(5)9(5)4-6/h1-4H2. The van der Waals surface area contributed by atoms with Gasteiger partial charge in [0.2, 0.25) is 0 Å². The van der Waals surface area contributed by atoms with Gasteiger partial charge in [-0.2, -0.15) is 0 Å². The maximum atomic E-state index is 2.56. The first kappa shape index (κ1) is 4.01. The Morgan fingerprint density at radius 1 is 0.600 bits per heavy atom. The van der Waals surface area contributed by atoms with Crippen LogP contribution in [0.5, 0.6) is 0 Å². The minimum absolute atomic E-state index is 0.528. The summed E-state index contributed by atoms with van der Waals surface area (Å²) in [5, 5.41) is 10.2. The number of fused-ring (bicyclic) bond motifs is 6. The molecule has 4 saturated heterocycles. The van der Waals surface area contributed by atoms with Crippen LogP contribution in [0, 0.1) is 0 Å². The molecule has 0 aromatic heterocycles. The number of rotatable bonds is 0. The molecule has 2 spiro atoms.